The van der Waals surface area contributed by atoms with Gasteiger partial charge in [0.2, 0.25) is 5.91 Å². The Balaban J connectivity index is 2.09. The van der Waals surface area contributed by atoms with E-state index in [9.17, 15) is 4.79 Å². The highest BCUT2D eigenvalue weighted by Gasteiger charge is 2.14. The second-order valence-corrected chi connectivity index (χ2v) is 4.78. The lowest BCUT2D eigenvalue weighted by Crippen LogP contribution is -2.38. The van der Waals surface area contributed by atoms with Gasteiger partial charge in [-0.15, -0.1) is 0 Å². The molecule has 1 rings (SSSR count). The van der Waals surface area contributed by atoms with E-state index in [0.29, 0.717) is 24.9 Å². The van der Waals surface area contributed by atoms with Gasteiger partial charge in [0.05, 0.1) is 0 Å². The highest BCUT2D eigenvalue weighted by Crippen LogP contribution is 2.08. The fourth-order valence-electron chi connectivity index (χ4n) is 2.09. The van der Waals surface area contributed by atoms with E-state index < -0.39 is 0 Å². The van der Waals surface area contributed by atoms with Crippen molar-refractivity contribution in [1.82, 2.24) is 10.6 Å². The molecule has 1 saturated heterocycles. The van der Waals surface area contributed by atoms with Crippen LogP contribution >= 0.6 is 0 Å². The molecule has 0 aliphatic carbocycles. The first-order valence-electron chi connectivity index (χ1n) is 6.18. The van der Waals surface area contributed by atoms with Crippen LogP contribution in [-0.2, 0) is 9.53 Å². The van der Waals surface area contributed by atoms with Crippen LogP contribution in [0.2, 0.25) is 0 Å². The van der Waals surface area contributed by atoms with Gasteiger partial charge in [-0.25, -0.2) is 0 Å². The maximum Gasteiger partial charge on any atom is 0.220 e. The Labute approximate surface area is 98.1 Å². The molecular formula is C12H24N2O2. The van der Waals surface area contributed by atoms with Crippen LogP contribution in [0.1, 0.15) is 26.2 Å². The lowest BCUT2D eigenvalue weighted by atomic mass is 9.99. The highest BCUT2D eigenvalue weighted by molar-refractivity contribution is 5.76. The molecule has 0 aromatic rings. The molecule has 94 valence electrons. The van der Waals surface area contributed by atoms with Crippen LogP contribution < -0.4 is 10.6 Å². The van der Waals surface area contributed by atoms with E-state index in [-0.39, 0.29) is 5.91 Å². The number of piperidine rings is 1. The van der Waals surface area contributed by atoms with Gasteiger partial charge >= 0.3 is 0 Å². The van der Waals surface area contributed by atoms with Gasteiger partial charge in [-0.3, -0.25) is 4.79 Å². The molecular weight excluding hydrogens is 204 g/mol. The lowest BCUT2D eigenvalue weighted by Gasteiger charge is -2.23. The molecule has 0 spiro atoms. The molecule has 0 aromatic heterocycles. The largest absolute Gasteiger partial charge is 0.384 e. The van der Waals surface area contributed by atoms with Crippen LogP contribution in [0.25, 0.3) is 0 Å². The molecule has 1 aliphatic rings. The van der Waals surface area contributed by atoms with Gasteiger partial charge in [-0.05, 0) is 37.8 Å². The molecule has 1 heterocycles. The Bertz CT molecular complexity index is 203. The highest BCUT2D eigenvalue weighted by atomic mass is 16.5. The number of methoxy groups -OCH3 is 1. The van der Waals surface area contributed by atoms with Crippen molar-refractivity contribution in [2.75, 3.05) is 33.4 Å². The Hall–Kier alpha value is -0.610. The van der Waals surface area contributed by atoms with E-state index in [4.69, 9.17) is 4.74 Å². The monoisotopic (exact) mass is 228 g/mol. The van der Waals surface area contributed by atoms with E-state index in [1.807, 2.05) is 6.92 Å². The van der Waals surface area contributed by atoms with Crippen LogP contribution in [0.3, 0.4) is 0 Å². The number of hydrogen-bond donors (Lipinski definition) is 2. The topological polar surface area (TPSA) is 50.4 Å². The third kappa shape index (κ3) is 5.47. The predicted octanol–water partition coefficient (Wildman–Crippen LogP) is 0.775. The lowest BCUT2D eigenvalue weighted by molar-refractivity contribution is -0.122. The number of carbonyl (C=O) groups is 1. The van der Waals surface area contributed by atoms with Crippen LogP contribution in [0.15, 0.2) is 0 Å². The van der Waals surface area contributed by atoms with Gasteiger partial charge < -0.3 is 15.4 Å². The zero-order chi connectivity index (χ0) is 11.8. The second kappa shape index (κ2) is 7.63. The molecule has 2 unspecified atom stereocenters. The van der Waals surface area contributed by atoms with Crippen molar-refractivity contribution in [3.05, 3.63) is 0 Å². The number of rotatable bonds is 6. The number of carbonyl (C=O) groups excluding carboxylic acids is 1. The van der Waals surface area contributed by atoms with Gasteiger partial charge in [-0.2, -0.15) is 0 Å². The molecule has 1 amide bonds. The average molecular weight is 228 g/mol. The summed E-state index contributed by atoms with van der Waals surface area (Å²) in [7, 11) is 1.67. The fourth-order valence-corrected chi connectivity index (χ4v) is 2.09. The molecule has 16 heavy (non-hydrogen) atoms. The normalized spacial score (nSPS) is 22.8. The molecule has 1 aliphatic heterocycles. The van der Waals surface area contributed by atoms with E-state index in [1.54, 1.807) is 7.11 Å². The summed E-state index contributed by atoms with van der Waals surface area (Å²) in [5.74, 6) is 1.06. The minimum Gasteiger partial charge on any atom is -0.384 e. The summed E-state index contributed by atoms with van der Waals surface area (Å²) in [6.07, 6.45) is 3.01. The summed E-state index contributed by atoms with van der Waals surface area (Å²) >= 11 is 0. The van der Waals surface area contributed by atoms with Crippen LogP contribution in [-0.4, -0.2) is 39.3 Å². The summed E-state index contributed by atoms with van der Waals surface area (Å²) in [6.45, 7) is 5.65. The smallest absolute Gasteiger partial charge is 0.220 e. The van der Waals surface area contributed by atoms with Gasteiger partial charge in [0.15, 0.2) is 0 Å². The van der Waals surface area contributed by atoms with Crippen LogP contribution in [0, 0.1) is 11.8 Å². The van der Waals surface area contributed by atoms with Gasteiger partial charge in [0, 0.05) is 26.7 Å². The van der Waals surface area contributed by atoms with Crippen LogP contribution in [0.5, 0.6) is 0 Å². The molecule has 4 nitrogen and oxygen atoms in total. The maximum absolute atomic E-state index is 11.6. The SMILES string of the molecule is COCC(C)CC(=O)NCC1CCCNC1. The number of ether oxygens (including phenoxy) is 1. The van der Waals surface area contributed by atoms with Crippen LogP contribution in [0.4, 0.5) is 0 Å². The summed E-state index contributed by atoms with van der Waals surface area (Å²) in [6, 6.07) is 0. The van der Waals surface area contributed by atoms with Crippen molar-refractivity contribution < 1.29 is 9.53 Å². The van der Waals surface area contributed by atoms with Crippen molar-refractivity contribution >= 4 is 5.91 Å². The first-order chi connectivity index (χ1) is 7.72. The zero-order valence-corrected chi connectivity index (χ0v) is 10.4. The summed E-state index contributed by atoms with van der Waals surface area (Å²) in [5, 5.41) is 6.36. The average Bonchev–Trinajstić information content (AvgIpc) is 2.28. The Morgan fingerprint density at radius 2 is 2.44 bits per heavy atom. The molecule has 4 heteroatoms. The van der Waals surface area contributed by atoms with E-state index in [2.05, 4.69) is 10.6 Å². The molecule has 2 N–H and O–H groups in total. The first kappa shape index (κ1) is 13.5. The number of hydrogen-bond acceptors (Lipinski definition) is 3. The van der Waals surface area contributed by atoms with Gasteiger partial charge in [0.25, 0.3) is 0 Å². The zero-order valence-electron chi connectivity index (χ0n) is 10.4. The standard InChI is InChI=1S/C12H24N2O2/c1-10(9-16-2)6-12(15)14-8-11-4-3-5-13-7-11/h10-11,13H,3-9H2,1-2H3,(H,14,15). The third-order valence-corrected chi connectivity index (χ3v) is 2.97. The summed E-state index contributed by atoms with van der Waals surface area (Å²) in [4.78, 5) is 11.6. The second-order valence-electron chi connectivity index (χ2n) is 4.78. The number of amides is 1. The molecule has 1 fully saturated rings. The molecule has 0 radical (unpaired) electrons. The minimum absolute atomic E-state index is 0.148. The first-order valence-corrected chi connectivity index (χ1v) is 6.18. The minimum atomic E-state index is 0.148. The van der Waals surface area contributed by atoms with E-state index in [0.717, 1.165) is 19.6 Å². The fraction of sp³-hybridized carbons (Fsp3) is 0.917. The maximum atomic E-state index is 11.6. The summed E-state index contributed by atoms with van der Waals surface area (Å²) in [5.41, 5.74) is 0. The quantitative estimate of drug-likeness (QED) is 0.706. The molecule has 0 saturated carbocycles. The molecule has 2 atom stereocenters. The molecule has 0 bridgehead atoms. The Kier molecular flexibility index (Phi) is 6.42. The molecule has 0 aromatic carbocycles. The number of nitrogens with one attached hydrogen (secondary N) is 2. The summed E-state index contributed by atoms with van der Waals surface area (Å²) < 4.78 is 5.01. The van der Waals surface area contributed by atoms with Crippen molar-refractivity contribution in [2.24, 2.45) is 11.8 Å². The van der Waals surface area contributed by atoms with Gasteiger partial charge in [0.1, 0.15) is 0 Å². The van der Waals surface area contributed by atoms with Crippen molar-refractivity contribution in [2.45, 2.75) is 26.2 Å². The Morgan fingerprint density at radius 1 is 1.62 bits per heavy atom. The van der Waals surface area contributed by atoms with E-state index in [1.165, 1.54) is 12.8 Å². The third-order valence-electron chi connectivity index (χ3n) is 2.97. The van der Waals surface area contributed by atoms with E-state index >= 15 is 0 Å². The van der Waals surface area contributed by atoms with Gasteiger partial charge in [-0.1, -0.05) is 6.92 Å². The van der Waals surface area contributed by atoms with Crippen molar-refractivity contribution in [3.63, 3.8) is 0 Å². The van der Waals surface area contributed by atoms with Crippen molar-refractivity contribution in [1.29, 1.82) is 0 Å². The van der Waals surface area contributed by atoms with Crippen molar-refractivity contribution in [3.8, 4) is 0 Å². The Morgan fingerprint density at radius 3 is 3.06 bits per heavy atom. The predicted molar refractivity (Wildman–Crippen MR) is 64.3 cm³/mol.